The Morgan fingerprint density at radius 2 is 1.25 bits per heavy atom. The average Bonchev–Trinajstić information content (AvgIpc) is 1.00. The Balaban J connectivity index is -0.00000000500. The second-order valence-electron chi connectivity index (χ2n) is 0. The summed E-state index contributed by atoms with van der Waals surface area (Å²) in [5, 5.41) is 0. The quantitative estimate of drug-likeness (QED) is 0.507. The summed E-state index contributed by atoms with van der Waals surface area (Å²) in [5.41, 5.74) is 0. The molecule has 0 aliphatic heterocycles. The van der Waals surface area contributed by atoms with Crippen LogP contribution in [0.25, 0.3) is 0 Å². The summed E-state index contributed by atoms with van der Waals surface area (Å²) in [6.45, 7) is 0. The molecule has 25 valence electrons. The van der Waals surface area contributed by atoms with E-state index >= 15 is 0 Å². The van der Waals surface area contributed by atoms with Gasteiger partial charge in [0.25, 0.3) is 0 Å². The van der Waals surface area contributed by atoms with E-state index in [-0.39, 0.29) is 67.9 Å². The zero-order valence-corrected chi connectivity index (χ0v) is 4.36. The molecule has 0 heterocycles. The Kier molecular flexibility index (Phi) is 71.3. The predicted molar refractivity (Wildman–Crippen MR) is 9.23 cm³/mol. The van der Waals surface area contributed by atoms with E-state index in [1.807, 2.05) is 0 Å². The van der Waals surface area contributed by atoms with E-state index in [0.717, 1.165) is 0 Å². The number of rotatable bonds is 0. The van der Waals surface area contributed by atoms with Gasteiger partial charge in [-0.15, -0.1) is 0 Å². The van der Waals surface area contributed by atoms with Gasteiger partial charge in [-0.25, -0.2) is 0 Å². The standard InChI is InChI=1S/Nb.Ni.O.Sr.2H. The molecule has 0 spiro atoms. The van der Waals surface area contributed by atoms with Crippen molar-refractivity contribution < 1.29 is 41.7 Å². The second-order valence-corrected chi connectivity index (χ2v) is 0. The van der Waals surface area contributed by atoms with Gasteiger partial charge < -0.3 is 0 Å². The van der Waals surface area contributed by atoms with Crippen molar-refractivity contribution in [3.05, 3.63) is 0 Å². The maximum atomic E-state index is 7.88. The zero-order chi connectivity index (χ0) is 2.00. The molecule has 0 atom stereocenters. The first-order chi connectivity index (χ1) is 1.00. The summed E-state index contributed by atoms with van der Waals surface area (Å²) in [6.07, 6.45) is 0. The molecule has 0 bridgehead atoms. The van der Waals surface area contributed by atoms with Crippen molar-refractivity contribution in [1.29, 1.82) is 0 Å². The Morgan fingerprint density at radius 1 is 1.25 bits per heavy atom. The van der Waals surface area contributed by atoms with E-state index in [1.165, 1.54) is 0 Å². The van der Waals surface area contributed by atoms with Crippen LogP contribution in [0.3, 0.4) is 0 Å². The minimum atomic E-state index is 0. The molecule has 0 rings (SSSR count). The molecule has 0 unspecified atom stereocenters. The van der Waals surface area contributed by atoms with Gasteiger partial charge in [0.05, 0.1) is 0 Å². The Bertz CT molecular complexity index is 8.00. The number of hydrogen-bond donors (Lipinski definition) is 0. The summed E-state index contributed by atoms with van der Waals surface area (Å²) in [6, 6.07) is 0. The van der Waals surface area contributed by atoms with Crippen LogP contribution in [0.1, 0.15) is 0 Å². The molecule has 0 saturated heterocycles. The Morgan fingerprint density at radius 3 is 1.25 bits per heavy atom. The molecule has 0 aromatic heterocycles. The third-order valence-electron chi connectivity index (χ3n) is 0. The van der Waals surface area contributed by atoms with Gasteiger partial charge in [0.2, 0.25) is 0 Å². The topological polar surface area (TPSA) is 17.1 Å². The van der Waals surface area contributed by atoms with E-state index in [0.29, 0.717) is 0 Å². The van der Waals surface area contributed by atoms with Gasteiger partial charge in [-0.3, -0.25) is 0 Å². The average molecular weight is 257 g/mol. The number of hydrogen-bond acceptors (Lipinski definition) is 1. The summed E-state index contributed by atoms with van der Waals surface area (Å²) in [4.78, 5) is 0. The molecule has 0 saturated carbocycles. The van der Waals surface area contributed by atoms with Crippen molar-refractivity contribution in [2.75, 3.05) is 0 Å². The molecule has 4 heavy (non-hydrogen) atoms. The zero-order valence-electron chi connectivity index (χ0n) is 1.17. The summed E-state index contributed by atoms with van der Waals surface area (Å²) in [7, 11) is 0. The summed E-state index contributed by atoms with van der Waals surface area (Å²) < 4.78 is 7.88. The molecule has 1 nitrogen and oxygen atoms in total. The van der Waals surface area contributed by atoms with E-state index in [9.17, 15) is 0 Å². The predicted octanol–water partition coefficient (Wildman–Crippen LogP) is -1.04. The molecule has 4 heteroatoms. The molecule has 0 aromatic carbocycles. The summed E-state index contributed by atoms with van der Waals surface area (Å²) in [5.74, 6) is 0. The van der Waals surface area contributed by atoms with Gasteiger partial charge in [0, 0.05) is 22.4 Å². The fourth-order valence-corrected chi connectivity index (χ4v) is 0. The van der Waals surface area contributed by atoms with Gasteiger partial charge in [-0.1, -0.05) is 0 Å². The monoisotopic (exact) mass is 257 g/mol. The van der Waals surface area contributed by atoms with Crippen LogP contribution in [0, 0.1) is 0 Å². The van der Waals surface area contributed by atoms with Crippen LogP contribution in [0.4, 0.5) is 0 Å². The second kappa shape index (κ2) is 17.8. The molecule has 0 aromatic rings. The van der Waals surface area contributed by atoms with Crippen molar-refractivity contribution >= 4 is 45.5 Å². The summed E-state index contributed by atoms with van der Waals surface area (Å²) >= 11 is 2.62. The van der Waals surface area contributed by atoms with Gasteiger partial charge >= 0.3 is 64.8 Å². The van der Waals surface area contributed by atoms with E-state index in [2.05, 4.69) is 15.4 Å². The molecule has 0 aliphatic rings. The maximum absolute atomic E-state index is 7.88. The fourth-order valence-electron chi connectivity index (χ4n) is 0. The van der Waals surface area contributed by atoms with Crippen molar-refractivity contribution in [3.8, 4) is 0 Å². The minimum absolute atomic E-state index is 0. The van der Waals surface area contributed by atoms with Crippen molar-refractivity contribution in [1.82, 2.24) is 0 Å². The van der Waals surface area contributed by atoms with Crippen LogP contribution in [0.2, 0.25) is 0 Å². The van der Waals surface area contributed by atoms with Gasteiger partial charge in [-0.05, 0) is 0 Å². The van der Waals surface area contributed by atoms with E-state index in [1.54, 1.807) is 0 Å². The third kappa shape index (κ3) is 8.82. The van der Waals surface area contributed by atoms with Crippen LogP contribution in [0.5, 0.6) is 0 Å². The molecule has 0 N–H and O–H groups in total. The first kappa shape index (κ1) is 16.0. The van der Waals surface area contributed by atoms with Crippen molar-refractivity contribution in [2.45, 2.75) is 0 Å². The van der Waals surface area contributed by atoms with E-state index < -0.39 is 0 Å². The van der Waals surface area contributed by atoms with Crippen LogP contribution in [-0.2, 0) is 41.7 Å². The molecular weight excluding hydrogens is 255 g/mol. The molecular formula is H2NbNiOSr. The van der Waals surface area contributed by atoms with Gasteiger partial charge in [0.15, 0.2) is 0 Å². The van der Waals surface area contributed by atoms with E-state index in [4.69, 9.17) is 3.90 Å². The normalized spacial score (nSPS) is 1.50. The van der Waals surface area contributed by atoms with Crippen LogP contribution in [-0.4, -0.2) is 45.5 Å². The Labute approximate surface area is 85.2 Å². The fraction of sp³-hybridized carbons (Fsp3) is 0. The molecule has 0 aliphatic carbocycles. The van der Waals surface area contributed by atoms with Crippen molar-refractivity contribution in [3.63, 3.8) is 0 Å². The first-order valence-corrected chi connectivity index (χ1v) is 0.532. The molecule has 0 amide bonds. The van der Waals surface area contributed by atoms with Gasteiger partial charge in [0.1, 0.15) is 0 Å². The SMILES string of the molecule is [Nb].[O]=[Ni].[SrH2]. The first-order valence-electron chi connectivity index (χ1n) is 0.129. The van der Waals surface area contributed by atoms with Crippen LogP contribution >= 0.6 is 0 Å². The Hall–Kier alpha value is 2.51. The molecule has 0 fully saturated rings. The molecule has 1 radical (unpaired) electrons. The van der Waals surface area contributed by atoms with Crippen molar-refractivity contribution in [2.24, 2.45) is 0 Å². The van der Waals surface area contributed by atoms with Crippen LogP contribution in [0.15, 0.2) is 0 Å². The van der Waals surface area contributed by atoms with Gasteiger partial charge in [-0.2, -0.15) is 0 Å². The third-order valence-corrected chi connectivity index (χ3v) is 0. The van der Waals surface area contributed by atoms with Crippen LogP contribution < -0.4 is 0 Å².